The first-order chi connectivity index (χ1) is 33.6. The monoisotopic (exact) mass is 977 g/mol. The number of aromatic nitrogens is 2. The van der Waals surface area contributed by atoms with E-state index in [1.54, 1.807) is 37.4 Å². The minimum Gasteiger partial charge on any atom is -0.489 e. The van der Waals surface area contributed by atoms with Crippen LogP contribution in [0.15, 0.2) is 77.8 Å². The number of pyridine rings is 1. The fourth-order valence-corrected chi connectivity index (χ4v) is 12.8. The molecule has 3 aromatic carbocycles. The van der Waals surface area contributed by atoms with E-state index in [4.69, 9.17) is 14.2 Å². The van der Waals surface area contributed by atoms with Gasteiger partial charge in [0.05, 0.1) is 33.6 Å². The van der Waals surface area contributed by atoms with Crippen LogP contribution in [0, 0.1) is 21.4 Å². The Bertz CT molecular complexity index is 2880. The number of hydrogen-bond donors (Lipinski definition) is 5. The average Bonchev–Trinajstić information content (AvgIpc) is 4.02. The standard InChI is InChI=1S/C52H63N7O10S/c1-32(2)38-7-4-5-8-39(38)42-9-6-20-58(42)36-29-52(30-36)17-21-57(22-18-52)35-10-11-40(44(26-35)69-46-25-34-14-19-53-48(34)55-50(46)67-24-23-60)49(61)56-70(65,66)37-27-43(59(63)64)47-45(28-37)68-31-41(54-47)33-12-15-51(3,62)16-13-33/h4-5,7-8,10-11,14,19,25-28,32-33,36,41-42,54,60,62H,6,9,12-13,15-18,20-24,29-31H2,1-3H3,(H,53,55)(H,56,61)/t33-,41-,42-,51-/m1/s1. The number of likely N-dealkylation sites (tertiary alicyclic amines) is 1. The zero-order valence-electron chi connectivity index (χ0n) is 40.0. The molecule has 2 aliphatic carbocycles. The van der Waals surface area contributed by atoms with E-state index in [1.807, 2.05) is 0 Å². The van der Waals surface area contributed by atoms with E-state index in [0.717, 1.165) is 57.1 Å². The number of H-pyrrole nitrogens is 1. The number of nitrogens with zero attached hydrogens (tertiary/aromatic N) is 4. The third-order valence-corrected chi connectivity index (χ3v) is 17.0. The van der Waals surface area contributed by atoms with Crippen molar-refractivity contribution in [1.29, 1.82) is 0 Å². The van der Waals surface area contributed by atoms with Gasteiger partial charge in [-0.15, -0.1) is 0 Å². The van der Waals surface area contributed by atoms with Gasteiger partial charge < -0.3 is 39.6 Å². The molecule has 372 valence electrons. The number of aromatic amines is 1. The number of piperidine rings is 1. The molecule has 2 aromatic heterocycles. The third kappa shape index (κ3) is 9.50. The molecule has 0 radical (unpaired) electrons. The first-order valence-corrected chi connectivity index (χ1v) is 26.2. The van der Waals surface area contributed by atoms with Crippen molar-refractivity contribution in [2.24, 2.45) is 11.3 Å². The van der Waals surface area contributed by atoms with E-state index in [-0.39, 0.29) is 71.6 Å². The maximum Gasteiger partial charge on any atom is 0.297 e. The molecule has 18 heteroatoms. The Hall–Kier alpha value is -5.95. The average molecular weight is 978 g/mol. The Morgan fingerprint density at radius 1 is 1.01 bits per heavy atom. The van der Waals surface area contributed by atoms with Crippen LogP contribution in [-0.4, -0.2) is 101 Å². The highest BCUT2D eigenvalue weighted by Gasteiger charge is 2.50. The number of nitro benzene ring substituents is 1. The van der Waals surface area contributed by atoms with E-state index in [9.17, 15) is 33.5 Å². The lowest BCUT2D eigenvalue weighted by Crippen LogP contribution is -2.54. The number of aliphatic hydroxyl groups excluding tert-OH is 1. The zero-order chi connectivity index (χ0) is 49.0. The Labute approximate surface area is 408 Å². The number of hydrogen-bond acceptors (Lipinski definition) is 14. The van der Waals surface area contributed by atoms with Crippen LogP contribution in [-0.2, 0) is 10.0 Å². The Morgan fingerprint density at radius 2 is 1.79 bits per heavy atom. The summed E-state index contributed by atoms with van der Waals surface area (Å²) in [6, 6.07) is 20.3. The number of aliphatic hydroxyl groups is 2. The van der Waals surface area contributed by atoms with Crippen molar-refractivity contribution >= 4 is 44.0 Å². The summed E-state index contributed by atoms with van der Waals surface area (Å²) in [6.45, 7) is 8.81. The smallest absolute Gasteiger partial charge is 0.297 e. The highest BCUT2D eigenvalue weighted by atomic mass is 32.2. The van der Waals surface area contributed by atoms with Crippen LogP contribution in [0.3, 0.4) is 0 Å². The van der Waals surface area contributed by atoms with Gasteiger partial charge in [-0.25, -0.2) is 13.1 Å². The Morgan fingerprint density at radius 3 is 2.53 bits per heavy atom. The number of nitrogens with one attached hydrogen (secondary N) is 3. The summed E-state index contributed by atoms with van der Waals surface area (Å²) < 4.78 is 48.6. The molecule has 4 fully saturated rings. The van der Waals surface area contributed by atoms with Crippen molar-refractivity contribution in [2.75, 3.05) is 49.7 Å². The minimum absolute atomic E-state index is 0.0223. The number of sulfonamides is 1. The Kier molecular flexibility index (Phi) is 12.9. The molecular weight excluding hydrogens is 915 g/mol. The van der Waals surface area contributed by atoms with Crippen LogP contribution >= 0.6 is 0 Å². The van der Waals surface area contributed by atoms with Crippen LogP contribution < -0.4 is 29.1 Å². The molecule has 5 aromatic rings. The summed E-state index contributed by atoms with van der Waals surface area (Å²) >= 11 is 0. The van der Waals surface area contributed by atoms with E-state index < -0.39 is 37.0 Å². The number of ether oxygens (including phenoxy) is 3. The fraction of sp³-hybridized carbons (Fsp3) is 0.500. The van der Waals surface area contributed by atoms with Gasteiger partial charge in [0.15, 0.2) is 17.2 Å². The Balaban J connectivity index is 0.886. The van der Waals surface area contributed by atoms with Gasteiger partial charge in [0.25, 0.3) is 27.5 Å². The highest BCUT2D eigenvalue weighted by Crippen LogP contribution is 2.54. The first-order valence-electron chi connectivity index (χ1n) is 24.7. The topological polar surface area (TPSA) is 222 Å². The van der Waals surface area contributed by atoms with Crippen molar-refractivity contribution in [3.05, 3.63) is 99.7 Å². The van der Waals surface area contributed by atoms with Gasteiger partial charge in [-0.3, -0.25) is 19.8 Å². The third-order valence-electron chi connectivity index (χ3n) is 15.7. The maximum absolute atomic E-state index is 14.3. The number of amides is 1. The predicted molar refractivity (Wildman–Crippen MR) is 265 cm³/mol. The van der Waals surface area contributed by atoms with Gasteiger partial charge in [0.2, 0.25) is 0 Å². The van der Waals surface area contributed by atoms with Crippen molar-refractivity contribution < 1.29 is 42.6 Å². The molecule has 1 amide bonds. The summed E-state index contributed by atoms with van der Waals surface area (Å²) in [6.07, 6.45) is 11.0. The van der Waals surface area contributed by atoms with Crippen molar-refractivity contribution in [3.8, 4) is 23.1 Å². The summed E-state index contributed by atoms with van der Waals surface area (Å²) in [5.74, 6) is -0.278. The number of rotatable bonds is 14. The largest absolute Gasteiger partial charge is 0.489 e. The van der Waals surface area contributed by atoms with Gasteiger partial charge in [0, 0.05) is 60.6 Å². The minimum atomic E-state index is -4.73. The summed E-state index contributed by atoms with van der Waals surface area (Å²) in [4.78, 5) is 38.2. The van der Waals surface area contributed by atoms with Crippen molar-refractivity contribution in [3.63, 3.8) is 0 Å². The SMILES string of the molecule is CC(C)c1ccccc1[C@H]1CCCN1C1CC2(CCN(c3ccc(C(=O)NS(=O)(=O)c4cc5c(c([N+](=O)[O-])c4)N[C@@H]([C@H]4CC[C@](C)(O)CC4)CO5)c(Oc4cc5cc[nH]c5nc4OCCO)c3)CC2)C1. The highest BCUT2D eigenvalue weighted by molar-refractivity contribution is 7.90. The molecule has 0 unspecified atom stereocenters. The van der Waals surface area contributed by atoms with Crippen LogP contribution in [0.4, 0.5) is 17.1 Å². The lowest BCUT2D eigenvalue weighted by atomic mass is 9.59. The van der Waals surface area contributed by atoms with Gasteiger partial charge in [0.1, 0.15) is 24.6 Å². The fourth-order valence-electron chi connectivity index (χ4n) is 11.8. The van der Waals surface area contributed by atoms with E-state index in [0.29, 0.717) is 54.7 Å². The van der Waals surface area contributed by atoms with Crippen molar-refractivity contribution in [1.82, 2.24) is 19.6 Å². The second-order valence-electron chi connectivity index (χ2n) is 20.7. The molecule has 0 bridgehead atoms. The molecule has 10 rings (SSSR count). The molecule has 2 saturated heterocycles. The lowest BCUT2D eigenvalue weighted by molar-refractivity contribution is -0.384. The maximum atomic E-state index is 14.3. The van der Waals surface area contributed by atoms with Crippen LogP contribution in [0.2, 0.25) is 0 Å². The molecule has 1 spiro atoms. The second kappa shape index (κ2) is 19.0. The van der Waals surface area contributed by atoms with Crippen LogP contribution in [0.1, 0.15) is 118 Å². The van der Waals surface area contributed by atoms with Gasteiger partial charge in [-0.2, -0.15) is 4.98 Å². The number of nitro groups is 1. The van der Waals surface area contributed by atoms with E-state index in [1.165, 1.54) is 36.1 Å². The van der Waals surface area contributed by atoms with Gasteiger partial charge >= 0.3 is 0 Å². The molecule has 5 heterocycles. The summed E-state index contributed by atoms with van der Waals surface area (Å²) in [5, 5.41) is 36.5. The second-order valence-corrected chi connectivity index (χ2v) is 22.4. The van der Waals surface area contributed by atoms with E-state index >= 15 is 0 Å². The van der Waals surface area contributed by atoms with E-state index in [2.05, 4.69) is 67.9 Å². The molecule has 3 aliphatic heterocycles. The zero-order valence-corrected chi connectivity index (χ0v) is 40.8. The molecule has 5 aliphatic rings. The number of carbonyl (C=O) groups is 1. The van der Waals surface area contributed by atoms with Crippen LogP contribution in [0.25, 0.3) is 11.0 Å². The normalized spacial score (nSPS) is 23.6. The molecule has 2 atom stereocenters. The van der Waals surface area contributed by atoms with Crippen LogP contribution in [0.5, 0.6) is 23.1 Å². The molecule has 2 saturated carbocycles. The van der Waals surface area contributed by atoms with Gasteiger partial charge in [-0.05, 0) is 130 Å². The van der Waals surface area contributed by atoms with Crippen molar-refractivity contribution in [2.45, 2.75) is 120 Å². The predicted octanol–water partition coefficient (Wildman–Crippen LogP) is 8.58. The molecular formula is C52H63N7O10S. The molecule has 5 N–H and O–H groups in total. The first kappa shape index (κ1) is 47.7. The number of anilines is 2. The molecule has 70 heavy (non-hydrogen) atoms. The van der Waals surface area contributed by atoms with Gasteiger partial charge in [-0.1, -0.05) is 38.1 Å². The number of fused-ring (bicyclic) bond motifs is 2. The summed E-state index contributed by atoms with van der Waals surface area (Å²) in [7, 11) is -4.73. The number of benzene rings is 3. The molecule has 17 nitrogen and oxygen atoms in total. The quantitative estimate of drug-likeness (QED) is 0.0520. The lowest BCUT2D eigenvalue weighted by Gasteiger charge is -2.56. The number of carbonyl (C=O) groups excluding carboxylic acids is 1. The summed E-state index contributed by atoms with van der Waals surface area (Å²) in [5.41, 5.74) is 3.13.